The van der Waals surface area contributed by atoms with Gasteiger partial charge in [0, 0.05) is 85.6 Å². The van der Waals surface area contributed by atoms with E-state index in [1.54, 1.807) is 4.31 Å². The first kappa shape index (κ1) is 41.8. The van der Waals surface area contributed by atoms with Crippen LogP contribution in [-0.2, 0) is 36.0 Å². The lowest BCUT2D eigenvalue weighted by molar-refractivity contribution is 0.129. The molecule has 0 unspecified atom stereocenters. The minimum Gasteiger partial charge on any atom is -0.311 e. The van der Waals surface area contributed by atoms with Crippen molar-refractivity contribution in [2.75, 3.05) is 45.5 Å². The molecular formula is C49H52Cl2N4O2S. The smallest absolute Gasteiger partial charge is 0.211 e. The van der Waals surface area contributed by atoms with Crippen LogP contribution in [0.15, 0.2) is 158 Å². The molecule has 2 aliphatic heterocycles. The highest BCUT2D eigenvalue weighted by Crippen LogP contribution is 2.29. The quantitative estimate of drug-likeness (QED) is 0.141. The van der Waals surface area contributed by atoms with Crippen LogP contribution in [0.25, 0.3) is 22.3 Å². The highest BCUT2D eigenvalue weighted by atomic mass is 35.5. The molecule has 2 fully saturated rings. The SMILES string of the molecule is CS(=O)(=O)N1CCN(Cc2ccc(-c3ccccc3Cl)cc2)C[C@H]1Cc1ccccc1.Clc1ccccc1-c1ccc(CN2CCN[C@H](Cc3ccccc3)C2)cc1. The van der Waals surface area contributed by atoms with Crippen LogP contribution < -0.4 is 5.32 Å². The topological polar surface area (TPSA) is 55.9 Å². The molecule has 2 heterocycles. The first-order valence-corrected chi connectivity index (χ1v) is 22.7. The van der Waals surface area contributed by atoms with E-state index in [9.17, 15) is 8.42 Å². The molecule has 8 rings (SSSR count). The summed E-state index contributed by atoms with van der Waals surface area (Å²) in [6.45, 7) is 6.99. The molecule has 2 atom stereocenters. The zero-order valence-corrected chi connectivity index (χ0v) is 35.4. The Morgan fingerprint density at radius 1 is 0.534 bits per heavy atom. The maximum Gasteiger partial charge on any atom is 0.211 e. The van der Waals surface area contributed by atoms with Gasteiger partial charge in [0.1, 0.15) is 0 Å². The second-order valence-electron chi connectivity index (χ2n) is 15.4. The summed E-state index contributed by atoms with van der Waals surface area (Å²) in [6, 6.07) is 54.5. The third-order valence-electron chi connectivity index (χ3n) is 11.0. The predicted molar refractivity (Wildman–Crippen MR) is 242 cm³/mol. The van der Waals surface area contributed by atoms with E-state index in [1.165, 1.54) is 28.5 Å². The third kappa shape index (κ3) is 11.7. The molecule has 6 aromatic carbocycles. The number of halogens is 2. The fourth-order valence-electron chi connectivity index (χ4n) is 8.10. The van der Waals surface area contributed by atoms with Crippen molar-refractivity contribution in [2.24, 2.45) is 0 Å². The van der Waals surface area contributed by atoms with Crippen molar-refractivity contribution in [3.8, 4) is 22.3 Å². The van der Waals surface area contributed by atoms with Gasteiger partial charge >= 0.3 is 0 Å². The van der Waals surface area contributed by atoms with Gasteiger partial charge in [0.2, 0.25) is 10.0 Å². The van der Waals surface area contributed by atoms with Crippen LogP contribution in [-0.4, -0.2) is 80.1 Å². The summed E-state index contributed by atoms with van der Waals surface area (Å²) in [5.41, 5.74) is 9.52. The van der Waals surface area contributed by atoms with Crippen LogP contribution in [0, 0.1) is 0 Å². The number of benzene rings is 6. The molecule has 0 aromatic heterocycles. The average molecular weight is 832 g/mol. The Balaban J connectivity index is 0.000000178. The lowest BCUT2D eigenvalue weighted by Gasteiger charge is -2.40. The third-order valence-corrected chi connectivity index (χ3v) is 13.0. The number of sulfonamides is 1. The second kappa shape index (κ2) is 20.1. The number of rotatable bonds is 11. The van der Waals surface area contributed by atoms with Gasteiger partial charge in [-0.05, 0) is 58.4 Å². The fraction of sp³-hybridized carbons (Fsp3) is 0.265. The van der Waals surface area contributed by atoms with Crippen LogP contribution in [0.5, 0.6) is 0 Å². The summed E-state index contributed by atoms with van der Waals surface area (Å²) < 4.78 is 26.4. The molecular weight excluding hydrogens is 780 g/mol. The summed E-state index contributed by atoms with van der Waals surface area (Å²) in [6.07, 6.45) is 3.12. The van der Waals surface area contributed by atoms with Gasteiger partial charge in [0.25, 0.3) is 0 Å². The Kier molecular flexibility index (Phi) is 14.5. The van der Waals surface area contributed by atoms with E-state index in [-0.39, 0.29) is 6.04 Å². The maximum atomic E-state index is 12.3. The number of nitrogens with one attached hydrogen (secondary N) is 1. The van der Waals surface area contributed by atoms with Gasteiger partial charge in [-0.1, -0.05) is 169 Å². The highest BCUT2D eigenvalue weighted by molar-refractivity contribution is 7.88. The minimum atomic E-state index is -3.24. The second-order valence-corrected chi connectivity index (χ2v) is 18.1. The Morgan fingerprint density at radius 3 is 1.50 bits per heavy atom. The Hall–Kier alpha value is -4.31. The monoisotopic (exact) mass is 830 g/mol. The maximum absolute atomic E-state index is 12.3. The number of piperazine rings is 2. The average Bonchev–Trinajstić information content (AvgIpc) is 3.23. The van der Waals surface area contributed by atoms with Gasteiger partial charge in [-0.2, -0.15) is 4.31 Å². The molecule has 0 radical (unpaired) electrons. The fourth-order valence-corrected chi connectivity index (χ4v) is 9.68. The molecule has 6 nitrogen and oxygen atoms in total. The molecule has 6 aromatic rings. The molecule has 58 heavy (non-hydrogen) atoms. The van der Waals surface area contributed by atoms with Crippen molar-refractivity contribution < 1.29 is 8.42 Å². The lowest BCUT2D eigenvalue weighted by Crippen LogP contribution is -2.55. The summed E-state index contributed by atoms with van der Waals surface area (Å²) in [4.78, 5) is 4.90. The van der Waals surface area contributed by atoms with Crippen molar-refractivity contribution in [1.82, 2.24) is 19.4 Å². The molecule has 0 saturated carbocycles. The molecule has 1 N–H and O–H groups in total. The van der Waals surface area contributed by atoms with E-state index in [2.05, 4.69) is 112 Å². The van der Waals surface area contributed by atoms with Gasteiger partial charge in [-0.15, -0.1) is 0 Å². The van der Waals surface area contributed by atoms with Gasteiger partial charge in [-0.25, -0.2) is 8.42 Å². The van der Waals surface area contributed by atoms with E-state index >= 15 is 0 Å². The molecule has 300 valence electrons. The molecule has 2 aliphatic rings. The van der Waals surface area contributed by atoms with E-state index < -0.39 is 10.0 Å². The van der Waals surface area contributed by atoms with Gasteiger partial charge in [-0.3, -0.25) is 9.80 Å². The van der Waals surface area contributed by atoms with Gasteiger partial charge < -0.3 is 5.32 Å². The highest BCUT2D eigenvalue weighted by Gasteiger charge is 2.33. The molecule has 9 heteroatoms. The normalized spacial score (nSPS) is 18.0. The Labute approximate surface area is 355 Å². The summed E-state index contributed by atoms with van der Waals surface area (Å²) >= 11 is 12.6. The summed E-state index contributed by atoms with van der Waals surface area (Å²) in [7, 11) is -3.24. The number of hydrogen-bond acceptors (Lipinski definition) is 5. The predicted octanol–water partition coefficient (Wildman–Crippen LogP) is 9.72. The van der Waals surface area contributed by atoms with Crippen LogP contribution in [0.2, 0.25) is 10.0 Å². The van der Waals surface area contributed by atoms with Crippen molar-refractivity contribution in [1.29, 1.82) is 0 Å². The van der Waals surface area contributed by atoms with Gasteiger partial charge in [0.05, 0.1) is 6.26 Å². The molecule has 0 aliphatic carbocycles. The summed E-state index contributed by atoms with van der Waals surface area (Å²) in [5, 5.41) is 5.21. The van der Waals surface area contributed by atoms with Crippen LogP contribution in [0.4, 0.5) is 0 Å². The van der Waals surface area contributed by atoms with Crippen LogP contribution >= 0.6 is 23.2 Å². The molecule has 0 amide bonds. The van der Waals surface area contributed by atoms with Crippen LogP contribution in [0.1, 0.15) is 22.3 Å². The Morgan fingerprint density at radius 2 is 1.00 bits per heavy atom. The van der Waals surface area contributed by atoms with Crippen LogP contribution in [0.3, 0.4) is 0 Å². The van der Waals surface area contributed by atoms with Crippen molar-refractivity contribution in [3.05, 3.63) is 190 Å². The Bertz CT molecular complexity index is 2310. The summed E-state index contributed by atoms with van der Waals surface area (Å²) in [5.74, 6) is 0. The van der Waals surface area contributed by atoms with E-state index in [1.807, 2.05) is 60.7 Å². The molecule has 2 saturated heterocycles. The van der Waals surface area contributed by atoms with E-state index in [4.69, 9.17) is 23.2 Å². The van der Waals surface area contributed by atoms with Crippen molar-refractivity contribution in [2.45, 2.75) is 38.0 Å². The standard InChI is InChI=1S/C25H27ClN2O2S.C24H25ClN2/c1-31(29,30)28-16-15-27(19-23(28)17-20-7-3-2-4-8-20)18-21-11-13-22(14-12-21)24-9-5-6-10-25(24)26;25-24-9-5-4-8-23(24)21-12-10-20(11-13-21)17-27-15-14-26-22(18-27)16-19-6-2-1-3-7-19/h2-14,23H,15-19H2,1H3;1-13,22,26H,14-18H2/t23-;22-/m11/s1. The molecule has 0 bridgehead atoms. The first-order valence-electron chi connectivity index (χ1n) is 20.1. The first-order chi connectivity index (χ1) is 28.2. The van der Waals surface area contributed by atoms with Gasteiger partial charge in [0.15, 0.2) is 0 Å². The molecule has 0 spiro atoms. The van der Waals surface area contributed by atoms with E-state index in [0.717, 1.165) is 84.4 Å². The zero-order chi connectivity index (χ0) is 40.3. The lowest BCUT2D eigenvalue weighted by atomic mass is 10.0. The van der Waals surface area contributed by atoms with E-state index in [0.29, 0.717) is 19.1 Å². The number of nitrogens with zero attached hydrogens (tertiary/aromatic N) is 3. The van der Waals surface area contributed by atoms with Crippen molar-refractivity contribution >= 4 is 33.2 Å². The zero-order valence-electron chi connectivity index (χ0n) is 33.1. The van der Waals surface area contributed by atoms with Crippen molar-refractivity contribution in [3.63, 3.8) is 0 Å². The largest absolute Gasteiger partial charge is 0.311 e. The minimum absolute atomic E-state index is 0.0615. The number of hydrogen-bond donors (Lipinski definition) is 1.